The monoisotopic (exact) mass is 598 g/mol. The van der Waals surface area contributed by atoms with Gasteiger partial charge in [0.1, 0.15) is 17.0 Å². The number of halogens is 1. The van der Waals surface area contributed by atoms with Crippen LogP contribution < -0.4 is 21.7 Å². The number of carbonyl (C=O) groups is 1. The van der Waals surface area contributed by atoms with Crippen LogP contribution >= 0.6 is 21.6 Å². The van der Waals surface area contributed by atoms with Gasteiger partial charge in [-0.3, -0.25) is 14.9 Å². The summed E-state index contributed by atoms with van der Waals surface area (Å²) in [5, 5.41) is 11.4. The molecule has 0 saturated carbocycles. The van der Waals surface area contributed by atoms with Crippen LogP contribution in [0.3, 0.4) is 0 Å². The first-order valence-electron chi connectivity index (χ1n) is 12.6. The Bertz CT molecular complexity index is 1580. The molecule has 0 amide bonds. The van der Waals surface area contributed by atoms with Crippen molar-refractivity contribution in [2.75, 3.05) is 7.11 Å². The van der Waals surface area contributed by atoms with Crippen molar-refractivity contribution in [1.82, 2.24) is 9.97 Å². The Hall–Kier alpha value is -3.08. The Labute approximate surface area is 247 Å². The minimum absolute atomic E-state index is 0. The Morgan fingerprint density at radius 3 is 2.38 bits per heavy atom. The molecule has 0 fully saturated rings. The van der Waals surface area contributed by atoms with Crippen molar-refractivity contribution < 1.29 is 31.4 Å². The molecule has 2 aromatic heterocycles. The lowest BCUT2D eigenvalue weighted by molar-refractivity contribution is -0.610. The largest absolute Gasteiger partial charge is 1.00 e. The highest BCUT2D eigenvalue weighted by molar-refractivity contribution is 8.76. The second-order valence-corrected chi connectivity index (χ2v) is 13.3. The van der Waals surface area contributed by atoms with E-state index in [2.05, 4.69) is 11.1 Å². The van der Waals surface area contributed by atoms with Gasteiger partial charge in [0, 0.05) is 39.8 Å². The summed E-state index contributed by atoms with van der Waals surface area (Å²) in [7, 11) is 4.85. The topological polar surface area (TPSA) is 102 Å². The maximum Gasteiger partial charge on any atom is 0.402 e. The first kappa shape index (κ1) is 29.9. The average molecular weight is 599 g/mol. The van der Waals surface area contributed by atoms with Gasteiger partial charge < -0.3 is 17.1 Å². The molecule has 0 spiro atoms. The lowest BCUT2D eigenvalue weighted by Gasteiger charge is -2.21. The fraction of sp³-hybridized carbons (Fsp3) is 0.345. The number of Topliss-reactive ketones (excluding diaryl/α,β-unsaturated/α-hetero) is 1. The number of rotatable bonds is 8. The van der Waals surface area contributed by atoms with Gasteiger partial charge in [0.15, 0.2) is 11.3 Å². The quantitative estimate of drug-likeness (QED) is 0.109. The van der Waals surface area contributed by atoms with Crippen LogP contribution in [-0.2, 0) is 27.1 Å². The van der Waals surface area contributed by atoms with Gasteiger partial charge in [-0.15, -0.1) is 0 Å². The first-order chi connectivity index (χ1) is 18.5. The van der Waals surface area contributed by atoms with E-state index >= 15 is 0 Å². The van der Waals surface area contributed by atoms with Crippen LogP contribution in [0.5, 0.6) is 5.75 Å². The lowest BCUT2D eigenvalue weighted by Crippen LogP contribution is -3.00. The molecule has 0 saturated heterocycles. The lowest BCUT2D eigenvalue weighted by atomic mass is 9.80. The molecule has 1 aliphatic rings. The molecule has 0 atom stereocenters. The van der Waals surface area contributed by atoms with Gasteiger partial charge in [0.05, 0.1) is 24.0 Å². The van der Waals surface area contributed by atoms with E-state index in [9.17, 15) is 14.9 Å². The molecule has 0 aliphatic heterocycles. The second-order valence-electron chi connectivity index (χ2n) is 10.8. The molecule has 0 bridgehead atoms. The van der Waals surface area contributed by atoms with Crippen LogP contribution in [0.4, 0.5) is 5.69 Å². The van der Waals surface area contributed by atoms with Gasteiger partial charge >= 0.3 is 5.95 Å². The zero-order valence-electron chi connectivity index (χ0n) is 23.2. The van der Waals surface area contributed by atoms with E-state index in [1.165, 1.54) is 6.07 Å². The summed E-state index contributed by atoms with van der Waals surface area (Å²) in [5.74, 6) is 2.83. The van der Waals surface area contributed by atoms with Crippen molar-refractivity contribution in [2.24, 2.45) is 0 Å². The van der Waals surface area contributed by atoms with Crippen molar-refractivity contribution >= 4 is 44.1 Å². The average Bonchev–Trinajstić information content (AvgIpc) is 3.38. The van der Waals surface area contributed by atoms with E-state index in [-0.39, 0.29) is 28.8 Å². The summed E-state index contributed by atoms with van der Waals surface area (Å²) >= 11 is 0. The molecule has 2 heterocycles. The van der Waals surface area contributed by atoms with Crippen LogP contribution in [0.15, 0.2) is 48.7 Å². The summed E-state index contributed by atoms with van der Waals surface area (Å²) in [4.78, 5) is 32.5. The van der Waals surface area contributed by atoms with Crippen molar-refractivity contribution in [2.45, 2.75) is 57.0 Å². The van der Waals surface area contributed by atoms with Gasteiger partial charge in [-0.1, -0.05) is 44.8 Å². The van der Waals surface area contributed by atoms with E-state index in [1.807, 2.05) is 63.6 Å². The molecule has 1 aliphatic carbocycles. The highest BCUT2D eigenvalue weighted by atomic mass is 35.5. The van der Waals surface area contributed by atoms with Crippen molar-refractivity contribution in [3.8, 4) is 11.7 Å². The van der Waals surface area contributed by atoms with Gasteiger partial charge in [-0.25, -0.2) is 9.55 Å². The fourth-order valence-corrected chi connectivity index (χ4v) is 7.73. The fourth-order valence-electron chi connectivity index (χ4n) is 5.51. The van der Waals surface area contributed by atoms with Crippen LogP contribution in [-0.4, -0.2) is 27.8 Å². The number of benzene rings is 2. The molecule has 0 radical (unpaired) electrons. The minimum Gasteiger partial charge on any atom is -1.00 e. The predicted octanol–water partition coefficient (Wildman–Crippen LogP) is 3.29. The van der Waals surface area contributed by atoms with Crippen molar-refractivity contribution in [3.63, 3.8) is 0 Å². The van der Waals surface area contributed by atoms with Crippen LogP contribution in [0, 0.1) is 17.0 Å². The number of nitrogens with zero attached hydrogens (tertiary/aromatic N) is 3. The summed E-state index contributed by atoms with van der Waals surface area (Å²) in [5.41, 5.74) is 5.48. The zero-order valence-corrected chi connectivity index (χ0v) is 25.6. The third kappa shape index (κ3) is 4.97. The third-order valence-corrected chi connectivity index (χ3v) is 9.88. The molecule has 40 heavy (non-hydrogen) atoms. The molecule has 8 nitrogen and oxygen atoms in total. The van der Waals surface area contributed by atoms with Gasteiger partial charge in [0.25, 0.3) is 5.69 Å². The molecule has 4 aromatic rings. The number of ether oxygens (including phenoxy) is 1. The number of para-hydroxylation sites is 1. The van der Waals surface area contributed by atoms with Gasteiger partial charge in [-0.2, -0.15) is 0 Å². The summed E-state index contributed by atoms with van der Waals surface area (Å²) in [6.45, 7) is 9.98. The number of imidazole rings is 1. The van der Waals surface area contributed by atoms with E-state index in [4.69, 9.17) is 9.72 Å². The molecular weight excluding hydrogens is 568 g/mol. The second kappa shape index (κ2) is 11.1. The first-order valence-corrected chi connectivity index (χ1v) is 15.1. The number of carbonyl (C=O) groups excluding carboxylic acids is 1. The summed E-state index contributed by atoms with van der Waals surface area (Å²) < 4.78 is 7.63. The highest BCUT2D eigenvalue weighted by Gasteiger charge is 2.50. The van der Waals surface area contributed by atoms with E-state index in [1.54, 1.807) is 40.8 Å². The number of methoxy groups -OCH3 is 1. The maximum atomic E-state index is 13.1. The van der Waals surface area contributed by atoms with Crippen LogP contribution in [0.2, 0.25) is 0 Å². The normalized spacial score (nSPS) is 15.1. The Balaban J connectivity index is 0.00000370. The molecule has 0 unspecified atom stereocenters. The number of aromatic nitrogens is 3. The number of fused-ring (bicyclic) bond motifs is 2. The number of nitro groups is 1. The van der Waals surface area contributed by atoms with E-state index in [0.717, 1.165) is 39.2 Å². The number of hydrogen-bond acceptors (Lipinski definition) is 7. The molecule has 2 aromatic carbocycles. The zero-order chi connectivity index (χ0) is 28.1. The number of ketones is 1. The highest BCUT2D eigenvalue weighted by Crippen LogP contribution is 2.47. The third-order valence-electron chi connectivity index (χ3n) is 7.69. The minimum atomic E-state index is -0.567. The van der Waals surface area contributed by atoms with Crippen molar-refractivity contribution in [1.29, 1.82) is 0 Å². The molecule has 210 valence electrons. The number of nitro benzene ring substituents is 1. The number of H-pyrrole nitrogens is 1. The van der Waals surface area contributed by atoms with Gasteiger partial charge in [-0.05, 0) is 57.9 Å². The van der Waals surface area contributed by atoms with E-state index < -0.39 is 10.8 Å². The van der Waals surface area contributed by atoms with E-state index in [0.29, 0.717) is 23.0 Å². The number of pyridine rings is 1. The Morgan fingerprint density at radius 1 is 1.05 bits per heavy atom. The predicted molar refractivity (Wildman–Crippen MR) is 156 cm³/mol. The smallest absolute Gasteiger partial charge is 0.402 e. The Morgan fingerprint density at radius 2 is 1.70 bits per heavy atom. The summed E-state index contributed by atoms with van der Waals surface area (Å²) in [6.07, 6.45) is 1.94. The molecule has 11 heteroatoms. The van der Waals surface area contributed by atoms with Crippen LogP contribution in [0.1, 0.15) is 55.6 Å². The number of hydrogen-bond donors (Lipinski definition) is 1. The van der Waals surface area contributed by atoms with Gasteiger partial charge in [0.2, 0.25) is 0 Å². The molecular formula is C29H31ClN4O4S2. The standard InChI is InChI=1S/C29H31N4O4S2.ClH/c1-17-24(16-39-38-15-18-9-7-8-10-23(18)33(35)36)32(12-11-25(17)37-6)27-30-21-13-19-20(14-22(21)31-27)29(4,5)26(34)28(19,2)3;/h7-14H,15-16H2,1-6H3,(H,30,31);1H/q+1;/p-1. The summed E-state index contributed by atoms with van der Waals surface area (Å²) in [6, 6.07) is 12.9. The van der Waals surface area contributed by atoms with Crippen molar-refractivity contribution in [3.05, 3.63) is 86.7 Å². The number of nitrogens with one attached hydrogen (secondary N) is 1. The SMILES string of the molecule is COc1cc[n+](-c2nc3cc4c(cc3[nH]2)C(C)(C)C(=O)C4(C)C)c(CSSCc2ccccc2[N+](=O)[O-])c1C.[Cl-]. The molecule has 5 rings (SSSR count). The maximum absolute atomic E-state index is 13.1. The number of aromatic amines is 1. The van der Waals surface area contributed by atoms with Crippen LogP contribution in [0.25, 0.3) is 17.0 Å². The Kier molecular flexibility index (Phi) is 8.27. The molecule has 1 N–H and O–H groups in total.